The molecule has 1 saturated heterocycles. The summed E-state index contributed by atoms with van der Waals surface area (Å²) in [5.74, 6) is 1.10. The third kappa shape index (κ3) is 8.94. The molecule has 2 aliphatic rings. The van der Waals surface area contributed by atoms with E-state index in [0.29, 0.717) is 48.6 Å². The first-order chi connectivity index (χ1) is 23.1. The SMILES string of the molecule is CCCOc1cc(CCCOC)cc(CN(C(=O)[C@H]2CNCC[C@]2(C)c2ccn(CCOc3c(Cl)cc(C)cc3Cl)c(=O)c2)C2CC2)c1. The summed E-state index contributed by atoms with van der Waals surface area (Å²) in [6.07, 6.45) is 7.31. The number of aryl methyl sites for hydroxylation is 2. The smallest absolute Gasteiger partial charge is 0.250 e. The predicted octanol–water partition coefficient (Wildman–Crippen LogP) is 6.97. The van der Waals surface area contributed by atoms with Crippen molar-refractivity contribution in [2.75, 3.05) is 40.0 Å². The molecule has 0 spiro atoms. The maximum Gasteiger partial charge on any atom is 0.250 e. The van der Waals surface area contributed by atoms with Gasteiger partial charge in [-0.3, -0.25) is 9.59 Å². The lowest BCUT2D eigenvalue weighted by Crippen LogP contribution is -2.54. The number of carbonyl (C=O) groups is 1. The van der Waals surface area contributed by atoms with Crippen LogP contribution < -0.4 is 20.3 Å². The second-order valence-electron chi connectivity index (χ2n) is 13.4. The minimum atomic E-state index is -0.495. The average molecular weight is 699 g/mol. The van der Waals surface area contributed by atoms with Crippen LogP contribution in [-0.4, -0.2) is 61.4 Å². The summed E-state index contributed by atoms with van der Waals surface area (Å²) >= 11 is 12.7. The van der Waals surface area contributed by atoms with Gasteiger partial charge in [-0.15, -0.1) is 0 Å². The Bertz CT molecular complexity index is 1600. The van der Waals surface area contributed by atoms with Crippen molar-refractivity contribution in [3.05, 3.63) is 91.3 Å². The van der Waals surface area contributed by atoms with E-state index in [1.807, 2.05) is 13.0 Å². The Hall–Kier alpha value is -3.04. The van der Waals surface area contributed by atoms with Crippen LogP contribution in [0, 0.1) is 12.8 Å². The van der Waals surface area contributed by atoms with E-state index < -0.39 is 5.41 Å². The van der Waals surface area contributed by atoms with Gasteiger partial charge in [0.2, 0.25) is 5.91 Å². The maximum absolute atomic E-state index is 14.5. The zero-order valence-corrected chi connectivity index (χ0v) is 30.2. The van der Waals surface area contributed by atoms with E-state index in [1.54, 1.807) is 36.1 Å². The zero-order valence-electron chi connectivity index (χ0n) is 28.7. The lowest BCUT2D eigenvalue weighted by Gasteiger charge is -2.43. The van der Waals surface area contributed by atoms with Gasteiger partial charge in [-0.2, -0.15) is 0 Å². The molecule has 1 aliphatic carbocycles. The molecule has 1 saturated carbocycles. The normalized spacial score (nSPS) is 19.2. The molecular formula is C38H49Cl2N3O5. The number of carbonyl (C=O) groups excluding carboxylic acids is 1. The van der Waals surface area contributed by atoms with Gasteiger partial charge >= 0.3 is 0 Å². The van der Waals surface area contributed by atoms with Gasteiger partial charge in [-0.25, -0.2) is 0 Å². The maximum atomic E-state index is 14.5. The molecule has 10 heteroatoms. The van der Waals surface area contributed by atoms with Gasteiger partial charge in [0.25, 0.3) is 5.56 Å². The van der Waals surface area contributed by atoms with E-state index >= 15 is 0 Å². The molecule has 5 rings (SSSR count). The number of nitrogens with zero attached hydrogens (tertiary/aromatic N) is 2. The van der Waals surface area contributed by atoms with Crippen molar-refractivity contribution in [1.82, 2.24) is 14.8 Å². The minimum Gasteiger partial charge on any atom is -0.494 e. The van der Waals surface area contributed by atoms with Crippen molar-refractivity contribution >= 4 is 29.1 Å². The number of nitrogens with one attached hydrogen (secondary N) is 1. The number of ether oxygens (including phenoxy) is 3. The molecule has 260 valence electrons. The monoisotopic (exact) mass is 697 g/mol. The van der Waals surface area contributed by atoms with Crippen LogP contribution >= 0.6 is 23.2 Å². The highest BCUT2D eigenvalue weighted by Gasteiger charge is 2.46. The summed E-state index contributed by atoms with van der Waals surface area (Å²) in [5.41, 5.74) is 3.48. The number of hydrogen-bond acceptors (Lipinski definition) is 6. The molecular weight excluding hydrogens is 649 g/mol. The first-order valence-corrected chi connectivity index (χ1v) is 17.9. The predicted molar refractivity (Wildman–Crippen MR) is 192 cm³/mol. The van der Waals surface area contributed by atoms with Crippen molar-refractivity contribution in [2.45, 2.75) is 83.8 Å². The first-order valence-electron chi connectivity index (χ1n) is 17.2. The highest BCUT2D eigenvalue weighted by atomic mass is 35.5. The van der Waals surface area contributed by atoms with E-state index in [-0.39, 0.29) is 30.0 Å². The second-order valence-corrected chi connectivity index (χ2v) is 14.2. The molecule has 0 bridgehead atoms. The van der Waals surface area contributed by atoms with Gasteiger partial charge in [-0.05, 0) is 105 Å². The molecule has 1 aromatic heterocycles. The summed E-state index contributed by atoms with van der Waals surface area (Å²) < 4.78 is 18.8. The Balaban J connectivity index is 1.33. The summed E-state index contributed by atoms with van der Waals surface area (Å²) in [4.78, 5) is 30.0. The van der Waals surface area contributed by atoms with Gasteiger partial charge in [0.15, 0.2) is 5.75 Å². The third-order valence-electron chi connectivity index (χ3n) is 9.55. The van der Waals surface area contributed by atoms with Crippen molar-refractivity contribution in [3.63, 3.8) is 0 Å². The molecule has 1 N–H and O–H groups in total. The largest absolute Gasteiger partial charge is 0.494 e. The van der Waals surface area contributed by atoms with Gasteiger partial charge in [0, 0.05) is 50.5 Å². The van der Waals surface area contributed by atoms with Crippen LogP contribution in [0.1, 0.15) is 68.2 Å². The highest BCUT2D eigenvalue weighted by Crippen LogP contribution is 2.41. The summed E-state index contributed by atoms with van der Waals surface area (Å²) in [6, 6.07) is 13.9. The van der Waals surface area contributed by atoms with Crippen molar-refractivity contribution in [2.24, 2.45) is 5.92 Å². The van der Waals surface area contributed by atoms with E-state index in [2.05, 4.69) is 42.3 Å². The number of piperidine rings is 1. The molecule has 0 unspecified atom stereocenters. The molecule has 1 aliphatic heterocycles. The van der Waals surface area contributed by atoms with Crippen LogP contribution in [0.5, 0.6) is 11.5 Å². The summed E-state index contributed by atoms with van der Waals surface area (Å²) in [5, 5.41) is 4.35. The number of methoxy groups -OCH3 is 1. The number of amides is 1. The number of rotatable bonds is 16. The Labute approximate surface area is 294 Å². The summed E-state index contributed by atoms with van der Waals surface area (Å²) in [6.45, 7) is 9.95. The Morgan fingerprint density at radius 1 is 1.04 bits per heavy atom. The lowest BCUT2D eigenvalue weighted by atomic mass is 9.67. The van der Waals surface area contributed by atoms with Crippen LogP contribution in [0.15, 0.2) is 53.5 Å². The van der Waals surface area contributed by atoms with Crippen LogP contribution in [0.2, 0.25) is 10.0 Å². The fraction of sp³-hybridized carbons (Fsp3) is 0.526. The van der Waals surface area contributed by atoms with Crippen molar-refractivity contribution in [3.8, 4) is 11.5 Å². The molecule has 0 radical (unpaired) electrons. The van der Waals surface area contributed by atoms with Crippen molar-refractivity contribution < 1.29 is 19.0 Å². The van der Waals surface area contributed by atoms with E-state index in [0.717, 1.165) is 67.5 Å². The second kappa shape index (κ2) is 16.6. The Kier molecular flexibility index (Phi) is 12.5. The number of pyridine rings is 1. The molecule has 2 aromatic carbocycles. The van der Waals surface area contributed by atoms with Crippen LogP contribution in [0.25, 0.3) is 0 Å². The van der Waals surface area contributed by atoms with Gasteiger partial charge in [0.05, 0.1) is 29.1 Å². The zero-order chi connectivity index (χ0) is 34.3. The molecule has 2 fully saturated rings. The number of halogens is 2. The van der Waals surface area contributed by atoms with Gasteiger partial charge < -0.3 is 29.0 Å². The average Bonchev–Trinajstić information content (AvgIpc) is 3.90. The van der Waals surface area contributed by atoms with E-state index in [9.17, 15) is 9.59 Å². The van der Waals surface area contributed by atoms with Crippen LogP contribution in [0.4, 0.5) is 0 Å². The number of benzene rings is 2. The summed E-state index contributed by atoms with van der Waals surface area (Å²) in [7, 11) is 1.72. The molecule has 1 amide bonds. The van der Waals surface area contributed by atoms with Crippen LogP contribution in [-0.2, 0) is 34.5 Å². The fourth-order valence-electron chi connectivity index (χ4n) is 6.68. The molecule has 2 heterocycles. The third-order valence-corrected chi connectivity index (χ3v) is 10.1. The molecule has 2 atom stereocenters. The molecule has 48 heavy (non-hydrogen) atoms. The Morgan fingerprint density at radius 3 is 2.48 bits per heavy atom. The highest BCUT2D eigenvalue weighted by molar-refractivity contribution is 6.37. The van der Waals surface area contributed by atoms with Gasteiger partial charge in [-0.1, -0.05) is 43.1 Å². The van der Waals surface area contributed by atoms with Crippen molar-refractivity contribution in [1.29, 1.82) is 0 Å². The molecule has 8 nitrogen and oxygen atoms in total. The van der Waals surface area contributed by atoms with E-state index in [1.165, 1.54) is 5.56 Å². The Morgan fingerprint density at radius 2 is 1.79 bits per heavy atom. The minimum absolute atomic E-state index is 0.132. The first kappa shape index (κ1) is 36.2. The fourth-order valence-corrected chi connectivity index (χ4v) is 7.38. The van der Waals surface area contributed by atoms with Gasteiger partial charge in [0.1, 0.15) is 12.4 Å². The van der Waals surface area contributed by atoms with E-state index in [4.69, 9.17) is 37.4 Å². The number of aromatic nitrogens is 1. The molecule has 3 aromatic rings. The number of hydrogen-bond donors (Lipinski definition) is 1. The topological polar surface area (TPSA) is 82.0 Å². The lowest BCUT2D eigenvalue weighted by molar-refractivity contribution is -0.139. The standard InChI is InChI=1S/C38H49Cl2N3O5/c1-5-15-47-31-21-27(7-6-16-46-4)20-28(22-31)25-43(30-8-9-30)37(45)32-24-41-12-11-38(32,3)29-10-13-42(35(44)23-29)14-17-48-36-33(39)18-26(2)19-34(36)40/h10,13,18-23,30,32,41H,5-9,11-12,14-17,24-25H2,1-4H3/t32-,38-/m1/s1. The van der Waals surface area contributed by atoms with Crippen LogP contribution in [0.3, 0.4) is 0 Å². The quantitative estimate of drug-likeness (QED) is 0.163.